The number of rotatable bonds is 3. The Morgan fingerprint density at radius 1 is 1.78 bits per heavy atom. The van der Waals surface area contributed by atoms with Crippen molar-refractivity contribution in [2.24, 2.45) is 0 Å². The molecular formula is C6H8F2O. The quantitative estimate of drug-likeness (QED) is 0.425. The molecule has 0 aromatic heterocycles. The molecule has 0 fully saturated rings. The smallest absolute Gasteiger partial charge is 0.277 e. The molecule has 0 saturated carbocycles. The first kappa shape index (κ1) is 8.14. The average molecular weight is 134 g/mol. The predicted molar refractivity (Wildman–Crippen MR) is 31.1 cm³/mol. The van der Waals surface area contributed by atoms with Crippen molar-refractivity contribution in [2.45, 2.75) is 6.92 Å². The van der Waals surface area contributed by atoms with Gasteiger partial charge in [0.15, 0.2) is 0 Å². The number of allylic oxidation sites excluding steroid dienone is 2. The van der Waals surface area contributed by atoms with Crippen LogP contribution < -0.4 is 0 Å². The number of halogens is 2. The van der Waals surface area contributed by atoms with Crippen molar-refractivity contribution in [1.82, 2.24) is 0 Å². The van der Waals surface area contributed by atoms with Crippen LogP contribution in [0, 0.1) is 0 Å². The fourth-order valence-corrected chi connectivity index (χ4v) is 0.242. The molecular weight excluding hydrogens is 126 g/mol. The minimum atomic E-state index is -1.14. The minimum Gasteiger partial charge on any atom is -0.439 e. The highest BCUT2D eigenvalue weighted by Gasteiger charge is 1.96. The van der Waals surface area contributed by atoms with Gasteiger partial charge in [0.25, 0.3) is 6.01 Å². The van der Waals surface area contributed by atoms with Crippen molar-refractivity contribution in [3.05, 3.63) is 24.2 Å². The molecule has 0 heterocycles. The van der Waals surface area contributed by atoms with Crippen molar-refractivity contribution >= 4 is 0 Å². The topological polar surface area (TPSA) is 9.23 Å². The molecule has 52 valence electrons. The molecule has 1 nitrogen and oxygen atoms in total. The minimum absolute atomic E-state index is 0.202. The summed E-state index contributed by atoms with van der Waals surface area (Å²) < 4.78 is 27.2. The van der Waals surface area contributed by atoms with Crippen LogP contribution in [-0.2, 0) is 4.74 Å². The standard InChI is InChI=1S/C6H8F2O/c1-3-5(2)6(8)9-4-7/h3H,1,4H2,2H3/b6-5-. The zero-order valence-corrected chi connectivity index (χ0v) is 5.16. The summed E-state index contributed by atoms with van der Waals surface area (Å²) in [5, 5.41) is 0. The number of ether oxygens (including phenoxy) is 1. The summed E-state index contributed by atoms with van der Waals surface area (Å²) in [4.78, 5) is 0. The van der Waals surface area contributed by atoms with Gasteiger partial charge < -0.3 is 4.74 Å². The first-order valence-electron chi connectivity index (χ1n) is 2.40. The lowest BCUT2D eigenvalue weighted by atomic mass is 10.3. The van der Waals surface area contributed by atoms with E-state index in [9.17, 15) is 8.78 Å². The van der Waals surface area contributed by atoms with E-state index in [1.54, 1.807) is 0 Å². The fraction of sp³-hybridized carbons (Fsp3) is 0.333. The molecule has 0 unspecified atom stereocenters. The Hall–Kier alpha value is -0.860. The fourth-order valence-electron chi connectivity index (χ4n) is 0.242. The van der Waals surface area contributed by atoms with Gasteiger partial charge in [-0.05, 0) is 6.92 Å². The molecule has 0 amide bonds. The molecule has 0 aromatic carbocycles. The van der Waals surface area contributed by atoms with Crippen LogP contribution in [0.2, 0.25) is 0 Å². The van der Waals surface area contributed by atoms with Gasteiger partial charge in [-0.3, -0.25) is 0 Å². The van der Waals surface area contributed by atoms with Gasteiger partial charge in [0.2, 0.25) is 6.86 Å². The molecule has 3 heteroatoms. The summed E-state index contributed by atoms with van der Waals surface area (Å²) in [7, 11) is 0. The molecule has 0 aliphatic carbocycles. The van der Waals surface area contributed by atoms with Crippen LogP contribution in [0.5, 0.6) is 0 Å². The Morgan fingerprint density at radius 3 is 2.67 bits per heavy atom. The number of hydrogen-bond donors (Lipinski definition) is 0. The van der Waals surface area contributed by atoms with Crippen molar-refractivity contribution < 1.29 is 13.5 Å². The SMILES string of the molecule is C=C/C(C)=C(/F)OCF. The lowest BCUT2D eigenvalue weighted by Crippen LogP contribution is -1.85. The highest BCUT2D eigenvalue weighted by Crippen LogP contribution is 2.07. The van der Waals surface area contributed by atoms with E-state index in [0.29, 0.717) is 0 Å². The summed E-state index contributed by atoms with van der Waals surface area (Å²) in [6.07, 6.45) is 1.25. The van der Waals surface area contributed by atoms with Gasteiger partial charge >= 0.3 is 0 Å². The Morgan fingerprint density at radius 2 is 2.33 bits per heavy atom. The van der Waals surface area contributed by atoms with Gasteiger partial charge in [-0.2, -0.15) is 4.39 Å². The van der Waals surface area contributed by atoms with E-state index >= 15 is 0 Å². The van der Waals surface area contributed by atoms with Crippen LogP contribution in [0.15, 0.2) is 24.2 Å². The monoisotopic (exact) mass is 134 g/mol. The number of hydrogen-bond acceptors (Lipinski definition) is 1. The normalized spacial score (nSPS) is 12.3. The van der Waals surface area contributed by atoms with Crippen LogP contribution in [0.3, 0.4) is 0 Å². The Bertz CT molecular complexity index is 129. The summed E-state index contributed by atoms with van der Waals surface area (Å²) >= 11 is 0. The van der Waals surface area contributed by atoms with Gasteiger partial charge in [0.05, 0.1) is 0 Å². The van der Waals surface area contributed by atoms with Crippen molar-refractivity contribution in [3.63, 3.8) is 0 Å². The van der Waals surface area contributed by atoms with E-state index in [1.165, 1.54) is 13.0 Å². The molecule has 9 heavy (non-hydrogen) atoms. The zero-order chi connectivity index (χ0) is 7.28. The summed E-state index contributed by atoms with van der Waals surface area (Å²) in [6.45, 7) is 3.56. The second kappa shape index (κ2) is 4.06. The molecule has 0 aromatic rings. The van der Waals surface area contributed by atoms with Crippen molar-refractivity contribution in [1.29, 1.82) is 0 Å². The lowest BCUT2D eigenvalue weighted by molar-refractivity contribution is 0.0701. The second-order valence-corrected chi connectivity index (χ2v) is 1.41. The van der Waals surface area contributed by atoms with Gasteiger partial charge in [-0.15, -0.1) is 0 Å². The molecule has 0 rings (SSSR count). The van der Waals surface area contributed by atoms with Crippen molar-refractivity contribution in [2.75, 3.05) is 6.86 Å². The van der Waals surface area contributed by atoms with Crippen LogP contribution >= 0.6 is 0 Å². The van der Waals surface area contributed by atoms with Gasteiger partial charge in [-0.1, -0.05) is 12.7 Å². The van der Waals surface area contributed by atoms with E-state index in [-0.39, 0.29) is 5.57 Å². The first-order valence-corrected chi connectivity index (χ1v) is 2.40. The first-order chi connectivity index (χ1) is 4.22. The summed E-state index contributed by atoms with van der Waals surface area (Å²) in [5.41, 5.74) is 0.202. The van der Waals surface area contributed by atoms with E-state index in [1.807, 2.05) is 0 Å². The molecule has 0 N–H and O–H groups in total. The van der Waals surface area contributed by atoms with Crippen LogP contribution in [0.4, 0.5) is 8.78 Å². The largest absolute Gasteiger partial charge is 0.439 e. The maximum atomic E-state index is 12.1. The van der Waals surface area contributed by atoms with Gasteiger partial charge in [0.1, 0.15) is 0 Å². The number of alkyl halides is 1. The van der Waals surface area contributed by atoms with Crippen LogP contribution in [-0.4, -0.2) is 6.86 Å². The summed E-state index contributed by atoms with van der Waals surface area (Å²) in [5.74, 6) is 0. The highest BCUT2D eigenvalue weighted by molar-refractivity contribution is 5.13. The lowest BCUT2D eigenvalue weighted by Gasteiger charge is -1.96. The third-order valence-electron chi connectivity index (χ3n) is 0.797. The third kappa shape index (κ3) is 2.85. The Labute approximate surface area is 52.6 Å². The highest BCUT2D eigenvalue weighted by atomic mass is 19.2. The molecule has 0 saturated heterocycles. The van der Waals surface area contributed by atoms with Crippen LogP contribution in [0.1, 0.15) is 6.92 Å². The zero-order valence-electron chi connectivity index (χ0n) is 5.16. The van der Waals surface area contributed by atoms with Crippen LogP contribution in [0.25, 0.3) is 0 Å². The molecule has 0 bridgehead atoms. The van der Waals surface area contributed by atoms with E-state index < -0.39 is 12.9 Å². The average Bonchev–Trinajstić information content (AvgIpc) is 1.87. The second-order valence-electron chi connectivity index (χ2n) is 1.41. The van der Waals surface area contributed by atoms with E-state index in [0.717, 1.165) is 0 Å². The summed E-state index contributed by atoms with van der Waals surface area (Å²) in [6, 6.07) is -0.910. The van der Waals surface area contributed by atoms with E-state index in [4.69, 9.17) is 0 Å². The Kier molecular flexibility index (Phi) is 3.67. The maximum absolute atomic E-state index is 12.1. The maximum Gasteiger partial charge on any atom is 0.277 e. The molecule has 0 spiro atoms. The third-order valence-corrected chi connectivity index (χ3v) is 0.797. The van der Waals surface area contributed by atoms with E-state index in [2.05, 4.69) is 11.3 Å². The molecule has 0 aliphatic heterocycles. The molecule has 0 atom stereocenters. The molecule has 0 aliphatic rings. The molecule has 0 radical (unpaired) electrons. The van der Waals surface area contributed by atoms with Gasteiger partial charge in [-0.25, -0.2) is 4.39 Å². The van der Waals surface area contributed by atoms with Crippen molar-refractivity contribution in [3.8, 4) is 0 Å². The van der Waals surface area contributed by atoms with Gasteiger partial charge in [0, 0.05) is 5.57 Å². The Balaban J connectivity index is 3.93. The predicted octanol–water partition coefficient (Wildman–Crippen LogP) is 2.32.